The van der Waals surface area contributed by atoms with Gasteiger partial charge in [-0.1, -0.05) is 0 Å². The summed E-state index contributed by atoms with van der Waals surface area (Å²) in [6.07, 6.45) is 1.30. The second-order valence-corrected chi connectivity index (χ2v) is 5.46. The molecular formula is C11H22N2O. The van der Waals surface area contributed by atoms with Crippen molar-refractivity contribution in [1.29, 1.82) is 0 Å². The normalized spacial score (nSPS) is 26.5. The van der Waals surface area contributed by atoms with Gasteiger partial charge in [-0.2, -0.15) is 0 Å². The number of rotatable bonds is 2. The molecule has 0 atom stereocenters. The third-order valence-electron chi connectivity index (χ3n) is 3.07. The zero-order chi connectivity index (χ0) is 11.0. The lowest BCUT2D eigenvalue weighted by atomic mass is 9.79. The summed E-state index contributed by atoms with van der Waals surface area (Å²) in [7, 11) is 0. The van der Waals surface area contributed by atoms with E-state index in [0.717, 1.165) is 6.54 Å². The molecule has 1 fully saturated rings. The Hall–Kier alpha value is -0.410. The number of hydrogen-bond donors (Lipinski definition) is 1. The highest BCUT2D eigenvalue weighted by molar-refractivity contribution is 5.81. The number of ketones is 1. The summed E-state index contributed by atoms with van der Waals surface area (Å²) in [6, 6.07) is 0. The van der Waals surface area contributed by atoms with E-state index in [9.17, 15) is 4.79 Å². The van der Waals surface area contributed by atoms with Gasteiger partial charge < -0.3 is 5.73 Å². The molecule has 0 aliphatic carbocycles. The molecule has 1 heterocycles. The first-order chi connectivity index (χ1) is 6.29. The van der Waals surface area contributed by atoms with Gasteiger partial charge in [0.1, 0.15) is 5.78 Å². The molecule has 1 saturated heterocycles. The summed E-state index contributed by atoms with van der Waals surface area (Å²) >= 11 is 0. The van der Waals surface area contributed by atoms with Crippen LogP contribution in [0.4, 0.5) is 0 Å². The molecule has 0 spiro atoms. The van der Waals surface area contributed by atoms with Crippen molar-refractivity contribution in [3.63, 3.8) is 0 Å². The van der Waals surface area contributed by atoms with Gasteiger partial charge in [0, 0.05) is 37.0 Å². The Morgan fingerprint density at radius 3 is 2.00 bits per heavy atom. The minimum Gasteiger partial charge on any atom is -0.329 e. The standard InChI is InChI=1S/C11H22N2O/c1-10(2)7-9(14)8-11(3,4)13(10)6-5-12/h5-8,12H2,1-4H3. The van der Waals surface area contributed by atoms with Crippen LogP contribution in [0.2, 0.25) is 0 Å². The average Bonchev–Trinajstić information content (AvgIpc) is 1.94. The van der Waals surface area contributed by atoms with Crippen LogP contribution in [0.1, 0.15) is 40.5 Å². The highest BCUT2D eigenvalue weighted by atomic mass is 16.1. The van der Waals surface area contributed by atoms with Crippen molar-refractivity contribution in [1.82, 2.24) is 4.90 Å². The van der Waals surface area contributed by atoms with Crippen molar-refractivity contribution in [2.45, 2.75) is 51.6 Å². The summed E-state index contributed by atoms with van der Waals surface area (Å²) in [4.78, 5) is 13.9. The Labute approximate surface area is 86.6 Å². The number of nitrogens with two attached hydrogens (primary N) is 1. The van der Waals surface area contributed by atoms with Crippen LogP contribution in [0.15, 0.2) is 0 Å². The number of hydrogen-bond acceptors (Lipinski definition) is 3. The lowest BCUT2D eigenvalue weighted by Crippen LogP contribution is -2.61. The van der Waals surface area contributed by atoms with E-state index >= 15 is 0 Å². The molecule has 1 aliphatic heterocycles. The lowest BCUT2D eigenvalue weighted by molar-refractivity contribution is -0.133. The van der Waals surface area contributed by atoms with E-state index in [-0.39, 0.29) is 11.1 Å². The number of likely N-dealkylation sites (tertiary alicyclic amines) is 1. The second-order valence-electron chi connectivity index (χ2n) is 5.46. The zero-order valence-corrected chi connectivity index (χ0v) is 9.76. The molecule has 3 heteroatoms. The van der Waals surface area contributed by atoms with Gasteiger partial charge >= 0.3 is 0 Å². The molecule has 0 amide bonds. The summed E-state index contributed by atoms with van der Waals surface area (Å²) < 4.78 is 0. The largest absolute Gasteiger partial charge is 0.329 e. The number of carbonyl (C=O) groups excluding carboxylic acids is 1. The predicted molar refractivity (Wildman–Crippen MR) is 58.2 cm³/mol. The summed E-state index contributed by atoms with van der Waals surface area (Å²) in [6.45, 7) is 10.0. The van der Waals surface area contributed by atoms with Crippen LogP contribution in [0, 0.1) is 0 Å². The van der Waals surface area contributed by atoms with Gasteiger partial charge in [-0.15, -0.1) is 0 Å². The molecule has 82 valence electrons. The fraction of sp³-hybridized carbons (Fsp3) is 0.909. The molecule has 0 saturated carbocycles. The molecule has 0 aromatic heterocycles. The van der Waals surface area contributed by atoms with Crippen molar-refractivity contribution >= 4 is 5.78 Å². The van der Waals surface area contributed by atoms with Crippen LogP contribution in [0.25, 0.3) is 0 Å². The minimum atomic E-state index is -0.0434. The molecule has 1 aliphatic rings. The maximum absolute atomic E-state index is 11.6. The first kappa shape index (κ1) is 11.7. The van der Waals surface area contributed by atoms with Gasteiger partial charge in [0.2, 0.25) is 0 Å². The molecule has 0 radical (unpaired) electrons. The fourth-order valence-electron chi connectivity index (χ4n) is 2.77. The van der Waals surface area contributed by atoms with Crippen molar-refractivity contribution in [3.05, 3.63) is 0 Å². The molecule has 14 heavy (non-hydrogen) atoms. The molecule has 1 rings (SSSR count). The third kappa shape index (κ3) is 2.15. The van der Waals surface area contributed by atoms with Crippen molar-refractivity contribution in [2.24, 2.45) is 5.73 Å². The molecule has 0 unspecified atom stereocenters. The van der Waals surface area contributed by atoms with E-state index in [4.69, 9.17) is 5.73 Å². The number of nitrogens with zero attached hydrogens (tertiary/aromatic N) is 1. The fourth-order valence-corrected chi connectivity index (χ4v) is 2.77. The Balaban J connectivity index is 2.90. The van der Waals surface area contributed by atoms with E-state index in [0.29, 0.717) is 25.2 Å². The van der Waals surface area contributed by atoms with Gasteiger partial charge in [-0.25, -0.2) is 0 Å². The van der Waals surface area contributed by atoms with Crippen LogP contribution in [-0.4, -0.2) is 34.9 Å². The van der Waals surface area contributed by atoms with Gasteiger partial charge in [0.15, 0.2) is 0 Å². The monoisotopic (exact) mass is 198 g/mol. The summed E-state index contributed by atoms with van der Waals surface area (Å²) in [5.41, 5.74) is 5.52. The van der Waals surface area contributed by atoms with Crippen molar-refractivity contribution in [2.75, 3.05) is 13.1 Å². The zero-order valence-electron chi connectivity index (χ0n) is 9.76. The van der Waals surface area contributed by atoms with E-state index in [2.05, 4.69) is 32.6 Å². The first-order valence-corrected chi connectivity index (χ1v) is 5.29. The average molecular weight is 198 g/mol. The summed E-state index contributed by atoms with van der Waals surface area (Å²) in [5, 5.41) is 0. The smallest absolute Gasteiger partial charge is 0.136 e. The van der Waals surface area contributed by atoms with E-state index in [1.165, 1.54) is 0 Å². The SMILES string of the molecule is CC1(C)CC(=O)CC(C)(C)N1CCN. The van der Waals surface area contributed by atoms with E-state index in [1.807, 2.05) is 0 Å². The first-order valence-electron chi connectivity index (χ1n) is 5.29. The Kier molecular flexibility index (Phi) is 3.02. The third-order valence-corrected chi connectivity index (χ3v) is 3.07. The topological polar surface area (TPSA) is 46.3 Å². The quantitative estimate of drug-likeness (QED) is 0.724. The van der Waals surface area contributed by atoms with Gasteiger partial charge in [-0.05, 0) is 27.7 Å². The summed E-state index contributed by atoms with van der Waals surface area (Å²) in [5.74, 6) is 0.369. The molecule has 0 aromatic carbocycles. The highest BCUT2D eigenvalue weighted by Crippen LogP contribution is 2.35. The Morgan fingerprint density at radius 1 is 1.21 bits per heavy atom. The lowest BCUT2D eigenvalue weighted by Gasteiger charge is -2.52. The molecule has 0 bridgehead atoms. The van der Waals surface area contributed by atoms with Crippen molar-refractivity contribution < 1.29 is 4.79 Å². The Morgan fingerprint density at radius 2 is 1.64 bits per heavy atom. The molecule has 2 N–H and O–H groups in total. The van der Waals surface area contributed by atoms with Crippen LogP contribution in [0.3, 0.4) is 0 Å². The molecule has 0 aromatic rings. The Bertz CT molecular complexity index is 213. The van der Waals surface area contributed by atoms with E-state index < -0.39 is 0 Å². The van der Waals surface area contributed by atoms with E-state index in [1.54, 1.807) is 0 Å². The number of carbonyl (C=O) groups is 1. The second kappa shape index (κ2) is 3.63. The number of piperidine rings is 1. The molecule has 3 nitrogen and oxygen atoms in total. The maximum atomic E-state index is 11.6. The van der Waals surface area contributed by atoms with Crippen LogP contribution in [-0.2, 0) is 4.79 Å². The number of Topliss-reactive ketones (excluding diaryl/α,β-unsaturated/α-hetero) is 1. The van der Waals surface area contributed by atoms with Crippen LogP contribution >= 0.6 is 0 Å². The van der Waals surface area contributed by atoms with Crippen LogP contribution < -0.4 is 5.73 Å². The predicted octanol–water partition coefficient (Wildman–Crippen LogP) is 1.17. The van der Waals surface area contributed by atoms with Crippen molar-refractivity contribution in [3.8, 4) is 0 Å². The highest BCUT2D eigenvalue weighted by Gasteiger charge is 2.43. The van der Waals surface area contributed by atoms with Gasteiger partial charge in [0.05, 0.1) is 0 Å². The minimum absolute atomic E-state index is 0.0434. The van der Waals surface area contributed by atoms with Gasteiger partial charge in [0.25, 0.3) is 0 Å². The van der Waals surface area contributed by atoms with Gasteiger partial charge in [-0.3, -0.25) is 9.69 Å². The molecular weight excluding hydrogens is 176 g/mol. The maximum Gasteiger partial charge on any atom is 0.136 e. The van der Waals surface area contributed by atoms with Crippen LogP contribution in [0.5, 0.6) is 0 Å².